The Bertz CT molecular complexity index is 3920. The molecule has 11 aromatic carbocycles. The Morgan fingerprint density at radius 1 is 0.257 bits per heavy atom. The third-order valence-electron chi connectivity index (χ3n) is 14.7. The van der Waals surface area contributed by atoms with Crippen LogP contribution in [0.4, 0.5) is 34.1 Å². The number of furan rings is 1. The lowest BCUT2D eigenvalue weighted by molar-refractivity contribution is 0.669. The molecule has 70 heavy (non-hydrogen) atoms. The van der Waals surface area contributed by atoms with Gasteiger partial charge in [0.05, 0.1) is 5.41 Å². The minimum Gasteiger partial charge on any atom is -0.456 e. The van der Waals surface area contributed by atoms with E-state index in [1.165, 1.54) is 61.2 Å². The third kappa shape index (κ3) is 6.01. The second-order valence-electron chi connectivity index (χ2n) is 18.3. The maximum absolute atomic E-state index is 6.41. The molecule has 1 heterocycles. The number of rotatable bonds is 8. The van der Waals surface area contributed by atoms with Crippen molar-refractivity contribution in [1.29, 1.82) is 0 Å². The summed E-state index contributed by atoms with van der Waals surface area (Å²) in [6.45, 7) is 0. The Morgan fingerprint density at radius 3 is 1.36 bits per heavy atom. The van der Waals surface area contributed by atoms with Crippen molar-refractivity contribution in [2.75, 3.05) is 9.80 Å². The van der Waals surface area contributed by atoms with Crippen molar-refractivity contribution < 1.29 is 4.42 Å². The van der Waals surface area contributed by atoms with Gasteiger partial charge in [-0.3, -0.25) is 0 Å². The van der Waals surface area contributed by atoms with Crippen molar-refractivity contribution in [2.45, 2.75) is 5.41 Å². The lowest BCUT2D eigenvalue weighted by atomic mass is 9.70. The first kappa shape index (κ1) is 39.9. The molecule has 3 nitrogen and oxygen atoms in total. The van der Waals surface area contributed by atoms with Crippen molar-refractivity contribution in [3.05, 3.63) is 289 Å². The van der Waals surface area contributed by atoms with Crippen molar-refractivity contribution >= 4 is 56.1 Å². The molecule has 0 atom stereocenters. The van der Waals surface area contributed by atoms with Crippen LogP contribution < -0.4 is 9.80 Å². The van der Waals surface area contributed by atoms with Gasteiger partial charge < -0.3 is 14.2 Å². The van der Waals surface area contributed by atoms with Gasteiger partial charge in [-0.15, -0.1) is 0 Å². The Hall–Kier alpha value is -9.18. The molecule has 0 bridgehead atoms. The summed E-state index contributed by atoms with van der Waals surface area (Å²) in [5.74, 6) is 0. The molecule has 0 aliphatic heterocycles. The molecule has 14 rings (SSSR count). The highest BCUT2D eigenvalue weighted by atomic mass is 16.3. The molecule has 0 N–H and O–H groups in total. The third-order valence-corrected chi connectivity index (χ3v) is 14.7. The summed E-state index contributed by atoms with van der Waals surface area (Å²) in [6, 6.07) is 97.0. The van der Waals surface area contributed by atoms with Crippen LogP contribution in [0, 0.1) is 0 Å². The molecule has 1 aromatic heterocycles. The van der Waals surface area contributed by atoms with Gasteiger partial charge in [-0.25, -0.2) is 0 Å². The van der Waals surface area contributed by atoms with E-state index < -0.39 is 5.41 Å². The van der Waals surface area contributed by atoms with E-state index in [9.17, 15) is 0 Å². The van der Waals surface area contributed by atoms with Crippen LogP contribution in [0.2, 0.25) is 0 Å². The second kappa shape index (κ2) is 16.0. The van der Waals surface area contributed by atoms with Crippen LogP contribution in [0.25, 0.3) is 66.4 Å². The topological polar surface area (TPSA) is 19.6 Å². The fourth-order valence-corrected chi connectivity index (χ4v) is 11.8. The van der Waals surface area contributed by atoms with E-state index in [1.807, 2.05) is 12.1 Å². The van der Waals surface area contributed by atoms with Crippen LogP contribution in [0.5, 0.6) is 0 Å². The quantitative estimate of drug-likeness (QED) is 0.152. The lowest BCUT2D eigenvalue weighted by Crippen LogP contribution is -2.25. The second-order valence-corrected chi connectivity index (χ2v) is 18.3. The smallest absolute Gasteiger partial charge is 0.137 e. The largest absolute Gasteiger partial charge is 0.456 e. The van der Waals surface area contributed by atoms with Gasteiger partial charge in [-0.05, 0) is 140 Å². The first-order chi connectivity index (χ1) is 34.7. The van der Waals surface area contributed by atoms with Crippen LogP contribution in [-0.4, -0.2) is 0 Å². The Kier molecular flexibility index (Phi) is 9.11. The van der Waals surface area contributed by atoms with Gasteiger partial charge in [0.1, 0.15) is 11.2 Å². The average molecular weight is 893 g/mol. The molecule has 0 saturated heterocycles. The highest BCUT2D eigenvalue weighted by Gasteiger charge is 2.52. The number of benzene rings is 11. The number of hydrogen-bond donors (Lipinski definition) is 0. The zero-order valence-electron chi connectivity index (χ0n) is 38.2. The number of hydrogen-bond acceptors (Lipinski definition) is 3. The molecule has 2 aliphatic carbocycles. The summed E-state index contributed by atoms with van der Waals surface area (Å²) in [5, 5.41) is 2.23. The average Bonchev–Trinajstić information content (AvgIpc) is 4.06. The standard InChI is InChI=1S/C67H44N2O/c1-3-19-46(20-4-1)68(49-23-17-24-50(43-49)69(47-21-5-2-6-22-47)51-41-42-57-56-29-12-16-36-64(56)70-65(57)44-51)48-39-37-45(38-40-48)52-25-7-8-26-53(52)58-31-18-35-63-66(58)59-30-11-15-34-62(59)67(63)60-32-13-9-27-54(60)55-28-10-14-33-61(55)67/h1-44H. The molecule has 0 fully saturated rings. The SMILES string of the molecule is c1ccc(N(c2ccc(-c3ccccc3-c3cccc4c3-c3ccccc3C43c4ccccc4-c4ccccc43)cc2)c2cccc(N(c3ccccc3)c3ccc4c(c3)oc3ccccc34)c2)cc1. The fourth-order valence-electron chi connectivity index (χ4n) is 11.8. The molecule has 2 aliphatic rings. The van der Waals surface area contributed by atoms with E-state index in [2.05, 4.69) is 265 Å². The zero-order valence-corrected chi connectivity index (χ0v) is 38.2. The maximum Gasteiger partial charge on any atom is 0.137 e. The molecule has 0 amide bonds. The van der Waals surface area contributed by atoms with Gasteiger partial charge in [0.25, 0.3) is 0 Å². The molecule has 0 unspecified atom stereocenters. The van der Waals surface area contributed by atoms with E-state index in [0.717, 1.165) is 61.6 Å². The zero-order chi connectivity index (χ0) is 46.2. The highest BCUT2D eigenvalue weighted by Crippen LogP contribution is 2.64. The molecule has 12 aromatic rings. The maximum atomic E-state index is 6.41. The van der Waals surface area contributed by atoms with E-state index in [4.69, 9.17) is 4.42 Å². The van der Waals surface area contributed by atoms with Gasteiger partial charge in [0, 0.05) is 51.0 Å². The van der Waals surface area contributed by atoms with Gasteiger partial charge in [0.2, 0.25) is 0 Å². The van der Waals surface area contributed by atoms with E-state index in [-0.39, 0.29) is 0 Å². The van der Waals surface area contributed by atoms with Crippen LogP contribution in [-0.2, 0) is 5.41 Å². The molecule has 3 heteroatoms. The summed E-state index contributed by atoms with van der Waals surface area (Å²) < 4.78 is 6.41. The van der Waals surface area contributed by atoms with Gasteiger partial charge in [-0.2, -0.15) is 0 Å². The van der Waals surface area contributed by atoms with E-state index in [0.29, 0.717) is 0 Å². The van der Waals surface area contributed by atoms with E-state index >= 15 is 0 Å². The lowest BCUT2D eigenvalue weighted by Gasteiger charge is -2.30. The fraction of sp³-hybridized carbons (Fsp3) is 0.0149. The number of fused-ring (bicyclic) bond motifs is 13. The van der Waals surface area contributed by atoms with Gasteiger partial charge >= 0.3 is 0 Å². The highest BCUT2D eigenvalue weighted by molar-refractivity contribution is 6.06. The molecule has 0 saturated carbocycles. The first-order valence-corrected chi connectivity index (χ1v) is 24.1. The van der Waals surface area contributed by atoms with Gasteiger partial charge in [0.15, 0.2) is 0 Å². The Balaban J connectivity index is 0.873. The number of nitrogens with zero attached hydrogens (tertiary/aromatic N) is 2. The number of para-hydroxylation sites is 3. The van der Waals surface area contributed by atoms with Crippen molar-refractivity contribution in [2.24, 2.45) is 0 Å². The van der Waals surface area contributed by atoms with Crippen molar-refractivity contribution in [3.63, 3.8) is 0 Å². The monoisotopic (exact) mass is 892 g/mol. The van der Waals surface area contributed by atoms with Crippen molar-refractivity contribution in [3.8, 4) is 44.5 Å². The molecule has 0 radical (unpaired) electrons. The molecule has 1 spiro atoms. The van der Waals surface area contributed by atoms with Crippen molar-refractivity contribution in [1.82, 2.24) is 0 Å². The Morgan fingerprint density at radius 2 is 0.686 bits per heavy atom. The van der Waals surface area contributed by atoms with Crippen LogP contribution in [0.15, 0.2) is 271 Å². The summed E-state index contributed by atoms with van der Waals surface area (Å²) in [7, 11) is 0. The van der Waals surface area contributed by atoms with Crippen LogP contribution in [0.1, 0.15) is 22.3 Å². The predicted molar refractivity (Wildman–Crippen MR) is 290 cm³/mol. The minimum atomic E-state index is -0.399. The first-order valence-electron chi connectivity index (χ1n) is 24.1. The van der Waals surface area contributed by atoms with E-state index in [1.54, 1.807) is 0 Å². The van der Waals surface area contributed by atoms with Crippen LogP contribution in [0.3, 0.4) is 0 Å². The Labute approximate surface area is 407 Å². The normalized spacial score (nSPS) is 12.7. The summed E-state index contributed by atoms with van der Waals surface area (Å²) >= 11 is 0. The van der Waals surface area contributed by atoms with Gasteiger partial charge in [-0.1, -0.05) is 188 Å². The molecular formula is C67H44N2O. The molecule has 328 valence electrons. The molecular weight excluding hydrogens is 849 g/mol. The van der Waals surface area contributed by atoms with Crippen LogP contribution >= 0.6 is 0 Å². The predicted octanol–water partition coefficient (Wildman–Crippen LogP) is 18.2. The number of anilines is 6. The minimum absolute atomic E-state index is 0.399. The summed E-state index contributed by atoms with van der Waals surface area (Å²) in [4.78, 5) is 4.66. The summed E-state index contributed by atoms with van der Waals surface area (Å²) in [5.41, 5.74) is 23.1. The summed E-state index contributed by atoms with van der Waals surface area (Å²) in [6.07, 6.45) is 0.